The number of hydrogen-bond donors (Lipinski definition) is 2. The summed E-state index contributed by atoms with van der Waals surface area (Å²) in [5.74, 6) is -4.31. The molecule has 132 valence electrons. The molecule has 11 heteroatoms. The van der Waals surface area contributed by atoms with Crippen LogP contribution in [0.5, 0.6) is 0 Å². The maximum absolute atomic E-state index is 13.4. The van der Waals surface area contributed by atoms with Crippen molar-refractivity contribution in [2.45, 2.75) is 42.5 Å². The highest BCUT2D eigenvalue weighted by atomic mass is 32.2. The molecule has 0 aromatic rings. The Morgan fingerprint density at radius 1 is 1.39 bits per heavy atom. The molecule has 2 aliphatic carbocycles. The highest BCUT2D eigenvalue weighted by molar-refractivity contribution is 7.87. The van der Waals surface area contributed by atoms with Crippen molar-refractivity contribution in [2.75, 3.05) is 13.2 Å². The van der Waals surface area contributed by atoms with Gasteiger partial charge in [-0.15, -0.1) is 0 Å². The van der Waals surface area contributed by atoms with Crippen LogP contribution < -0.4 is 0 Å². The molecule has 1 heterocycles. The molecule has 2 N–H and O–H groups in total. The van der Waals surface area contributed by atoms with Crippen molar-refractivity contribution in [1.82, 2.24) is 0 Å². The molecule has 1 saturated heterocycles. The molecule has 3 fully saturated rings. The fourth-order valence-electron chi connectivity index (χ4n) is 3.69. The number of aliphatic hydroxyl groups is 1. The van der Waals surface area contributed by atoms with Gasteiger partial charge in [0.2, 0.25) is 5.79 Å². The predicted molar refractivity (Wildman–Crippen MR) is 67.8 cm³/mol. The van der Waals surface area contributed by atoms with Crippen LogP contribution >= 0.6 is 0 Å². The van der Waals surface area contributed by atoms with Crippen LogP contribution in [-0.4, -0.2) is 60.5 Å². The third kappa shape index (κ3) is 2.45. The molecule has 2 saturated carbocycles. The minimum Gasteiger partial charge on any atom is -0.451 e. The van der Waals surface area contributed by atoms with Crippen LogP contribution in [-0.2, 0) is 29.1 Å². The lowest BCUT2D eigenvalue weighted by Gasteiger charge is -2.38. The largest absolute Gasteiger partial charge is 0.465 e. The molecule has 23 heavy (non-hydrogen) atoms. The minimum absolute atomic E-state index is 0.0163. The van der Waals surface area contributed by atoms with Gasteiger partial charge in [-0.3, -0.25) is 4.55 Å². The number of carbonyl (C=O) groups excluding carboxylic acids is 1. The lowest BCUT2D eigenvalue weighted by atomic mass is 9.91. The summed E-state index contributed by atoms with van der Waals surface area (Å²) >= 11 is 0. The van der Waals surface area contributed by atoms with Crippen LogP contribution in [0.3, 0.4) is 0 Å². The molecule has 0 aromatic carbocycles. The summed E-state index contributed by atoms with van der Waals surface area (Å²) in [6.07, 6.45) is -0.0761. The van der Waals surface area contributed by atoms with Crippen molar-refractivity contribution in [1.29, 1.82) is 0 Å². The number of aliphatic hydroxyl groups excluding tert-OH is 1. The molecule has 3 rings (SSSR count). The van der Waals surface area contributed by atoms with E-state index in [1.807, 2.05) is 0 Å². The normalized spacial score (nSPS) is 40.0. The zero-order valence-electron chi connectivity index (χ0n) is 11.9. The smallest absolute Gasteiger partial charge is 0.451 e. The first kappa shape index (κ1) is 17.0. The van der Waals surface area contributed by atoms with E-state index in [-0.39, 0.29) is 25.0 Å². The summed E-state index contributed by atoms with van der Waals surface area (Å²) in [7, 11) is -5.94. The Morgan fingerprint density at radius 3 is 2.65 bits per heavy atom. The van der Waals surface area contributed by atoms with Crippen LogP contribution in [0.25, 0.3) is 0 Å². The molecule has 0 amide bonds. The predicted octanol–water partition coefficient (Wildman–Crippen LogP) is -0.0873. The minimum atomic E-state index is -5.94. The Morgan fingerprint density at radius 2 is 2.09 bits per heavy atom. The first-order valence-electron chi connectivity index (χ1n) is 7.10. The van der Waals surface area contributed by atoms with Gasteiger partial charge in [-0.1, -0.05) is 0 Å². The number of hydrogen-bond acceptors (Lipinski definition) is 7. The Bertz CT molecular complexity index is 608. The quantitative estimate of drug-likeness (QED) is 0.529. The van der Waals surface area contributed by atoms with Gasteiger partial charge in [0.1, 0.15) is 6.10 Å². The molecular weight excluding hydrogens is 342 g/mol. The van der Waals surface area contributed by atoms with E-state index < -0.39 is 39.3 Å². The molecular formula is C12H16F2O8S. The summed E-state index contributed by atoms with van der Waals surface area (Å²) in [4.78, 5) is 11.6. The zero-order chi connectivity index (χ0) is 17.0. The highest BCUT2D eigenvalue weighted by Crippen LogP contribution is 2.56. The number of rotatable bonds is 4. The second-order valence-electron chi connectivity index (χ2n) is 6.04. The molecule has 5 unspecified atom stereocenters. The van der Waals surface area contributed by atoms with Gasteiger partial charge < -0.3 is 19.3 Å². The van der Waals surface area contributed by atoms with Crippen molar-refractivity contribution in [2.24, 2.45) is 11.8 Å². The number of carbonyl (C=O) groups is 1. The van der Waals surface area contributed by atoms with Crippen molar-refractivity contribution in [3.8, 4) is 0 Å². The van der Waals surface area contributed by atoms with E-state index >= 15 is 0 Å². The molecule has 2 bridgehead atoms. The lowest BCUT2D eigenvalue weighted by molar-refractivity contribution is -0.264. The van der Waals surface area contributed by atoms with Gasteiger partial charge in [0, 0.05) is 11.8 Å². The second-order valence-corrected chi connectivity index (χ2v) is 7.51. The van der Waals surface area contributed by atoms with Gasteiger partial charge in [0.25, 0.3) is 0 Å². The summed E-state index contributed by atoms with van der Waals surface area (Å²) in [5.41, 5.74) is 0. The molecule has 0 aromatic heterocycles. The number of esters is 1. The van der Waals surface area contributed by atoms with Gasteiger partial charge in [0.15, 0.2) is 6.10 Å². The first-order valence-corrected chi connectivity index (χ1v) is 8.54. The SMILES string of the molecule is O=C(OC1C2CCC(C2)C12OCC(CO)O2)C(F)(F)S(=O)(=O)O. The van der Waals surface area contributed by atoms with Gasteiger partial charge in [-0.25, -0.2) is 4.79 Å². The zero-order valence-corrected chi connectivity index (χ0v) is 12.7. The van der Waals surface area contributed by atoms with Gasteiger partial charge in [-0.05, 0) is 19.3 Å². The number of alkyl halides is 2. The van der Waals surface area contributed by atoms with E-state index in [9.17, 15) is 22.0 Å². The van der Waals surface area contributed by atoms with E-state index in [1.165, 1.54) is 0 Å². The Labute approximate surface area is 130 Å². The molecule has 0 radical (unpaired) electrons. The monoisotopic (exact) mass is 358 g/mol. The van der Waals surface area contributed by atoms with E-state index in [2.05, 4.69) is 0 Å². The Hall–Kier alpha value is -0.880. The summed E-state index contributed by atoms with van der Waals surface area (Å²) in [6, 6.07) is 0. The average Bonchev–Trinajstić information content (AvgIpc) is 3.15. The van der Waals surface area contributed by atoms with Crippen molar-refractivity contribution in [3.05, 3.63) is 0 Å². The third-order valence-corrected chi connectivity index (χ3v) is 5.53. The van der Waals surface area contributed by atoms with E-state index in [1.54, 1.807) is 0 Å². The maximum Gasteiger partial charge on any atom is 0.465 e. The van der Waals surface area contributed by atoms with Crippen LogP contribution in [0.1, 0.15) is 19.3 Å². The topological polar surface area (TPSA) is 119 Å². The third-order valence-electron chi connectivity index (χ3n) is 4.71. The van der Waals surface area contributed by atoms with Gasteiger partial charge in [-0.2, -0.15) is 17.2 Å². The molecule has 1 spiro atoms. The maximum atomic E-state index is 13.4. The fraction of sp³-hybridized carbons (Fsp3) is 0.917. The van der Waals surface area contributed by atoms with Crippen molar-refractivity contribution in [3.63, 3.8) is 0 Å². The second kappa shape index (κ2) is 5.31. The van der Waals surface area contributed by atoms with Gasteiger partial charge in [0.05, 0.1) is 13.2 Å². The molecule has 8 nitrogen and oxygen atoms in total. The number of ether oxygens (including phenoxy) is 3. The molecule has 3 aliphatic rings. The fourth-order valence-corrected chi connectivity index (χ4v) is 3.95. The summed E-state index contributed by atoms with van der Waals surface area (Å²) in [6.45, 7) is -0.330. The van der Waals surface area contributed by atoms with Crippen LogP contribution in [0.4, 0.5) is 8.78 Å². The Balaban J connectivity index is 1.83. The highest BCUT2D eigenvalue weighted by Gasteiger charge is 2.67. The van der Waals surface area contributed by atoms with Crippen molar-refractivity contribution >= 4 is 16.1 Å². The summed E-state index contributed by atoms with van der Waals surface area (Å²) in [5, 5.41) is 4.07. The van der Waals surface area contributed by atoms with Crippen LogP contribution in [0, 0.1) is 11.8 Å². The molecule has 5 atom stereocenters. The average molecular weight is 358 g/mol. The first-order chi connectivity index (χ1) is 10.6. The van der Waals surface area contributed by atoms with E-state index in [4.69, 9.17) is 23.9 Å². The lowest BCUT2D eigenvalue weighted by Crippen LogP contribution is -2.53. The Kier molecular flexibility index (Phi) is 3.92. The van der Waals surface area contributed by atoms with Crippen LogP contribution in [0.15, 0.2) is 0 Å². The van der Waals surface area contributed by atoms with Crippen molar-refractivity contribution < 1.29 is 45.9 Å². The number of halogens is 2. The molecule has 1 aliphatic heterocycles. The standard InChI is InChI=1S/C12H16F2O8S/c13-12(14,23(17,18)19)10(16)21-9-6-1-2-7(3-6)11(9)20-5-8(4-15)22-11/h6-9,15H,1-5H2,(H,17,18,19). The summed E-state index contributed by atoms with van der Waals surface area (Å²) < 4.78 is 72.4. The number of fused-ring (bicyclic) bond motifs is 3. The van der Waals surface area contributed by atoms with Crippen LogP contribution in [0.2, 0.25) is 0 Å². The van der Waals surface area contributed by atoms with Gasteiger partial charge >= 0.3 is 21.3 Å². The van der Waals surface area contributed by atoms with E-state index in [0.717, 1.165) is 0 Å². The van der Waals surface area contributed by atoms with E-state index in [0.29, 0.717) is 19.3 Å².